The third-order valence-electron chi connectivity index (χ3n) is 3.08. The highest BCUT2D eigenvalue weighted by Gasteiger charge is 2.14. The molecule has 6 heteroatoms. The van der Waals surface area contributed by atoms with Crippen LogP contribution >= 0.6 is 0 Å². The third-order valence-corrected chi connectivity index (χ3v) is 3.08. The second-order valence-electron chi connectivity index (χ2n) is 4.53. The minimum Gasteiger partial charge on any atom is -0.494 e. The molecule has 1 fully saturated rings. The van der Waals surface area contributed by atoms with Crippen molar-refractivity contribution < 1.29 is 9.53 Å². The Hall–Kier alpha value is -1.79. The lowest BCUT2D eigenvalue weighted by Crippen LogP contribution is -2.46. The number of ether oxygens (including phenoxy) is 1. The molecule has 19 heavy (non-hydrogen) atoms. The number of anilines is 2. The number of rotatable bonds is 4. The molecular weight excluding hydrogens is 244 g/mol. The fourth-order valence-corrected chi connectivity index (χ4v) is 2.07. The fraction of sp³-hybridized carbons (Fsp3) is 0.462. The monoisotopic (exact) mass is 264 g/mol. The molecule has 1 heterocycles. The first-order valence-electron chi connectivity index (χ1n) is 6.35. The van der Waals surface area contributed by atoms with Crippen LogP contribution in [-0.2, 0) is 4.79 Å². The Bertz CT molecular complexity index is 444. The summed E-state index contributed by atoms with van der Waals surface area (Å²) in [7, 11) is 1.56. The summed E-state index contributed by atoms with van der Waals surface area (Å²) in [4.78, 5) is 14.1. The van der Waals surface area contributed by atoms with E-state index in [0.29, 0.717) is 23.7 Å². The van der Waals surface area contributed by atoms with Gasteiger partial charge < -0.3 is 21.1 Å². The predicted octanol–water partition coefficient (Wildman–Crippen LogP) is 0.121. The first kappa shape index (κ1) is 13.6. The molecule has 0 radical (unpaired) electrons. The average molecular weight is 264 g/mol. The largest absolute Gasteiger partial charge is 0.494 e. The number of hydrogen-bond donors (Lipinski definition) is 3. The van der Waals surface area contributed by atoms with Crippen LogP contribution in [0.2, 0.25) is 0 Å². The Kier molecular flexibility index (Phi) is 4.59. The van der Waals surface area contributed by atoms with Gasteiger partial charge >= 0.3 is 0 Å². The van der Waals surface area contributed by atoms with E-state index in [4.69, 9.17) is 10.5 Å². The van der Waals surface area contributed by atoms with Crippen molar-refractivity contribution in [3.05, 3.63) is 18.2 Å². The summed E-state index contributed by atoms with van der Waals surface area (Å²) in [6.07, 6.45) is 0. The first-order chi connectivity index (χ1) is 9.19. The molecule has 0 aromatic heterocycles. The quantitative estimate of drug-likeness (QED) is 0.673. The minimum atomic E-state index is -0.0371. The molecule has 0 atom stereocenters. The van der Waals surface area contributed by atoms with E-state index in [1.165, 1.54) is 0 Å². The summed E-state index contributed by atoms with van der Waals surface area (Å²) in [5.41, 5.74) is 6.93. The number of piperazine rings is 1. The van der Waals surface area contributed by atoms with Gasteiger partial charge in [-0.1, -0.05) is 0 Å². The molecule has 1 aliphatic rings. The van der Waals surface area contributed by atoms with Crippen LogP contribution in [0.15, 0.2) is 18.2 Å². The number of nitrogens with one attached hydrogen (secondary N) is 2. The summed E-state index contributed by atoms with van der Waals surface area (Å²) < 4.78 is 5.20. The topological polar surface area (TPSA) is 79.6 Å². The van der Waals surface area contributed by atoms with E-state index in [2.05, 4.69) is 15.5 Å². The van der Waals surface area contributed by atoms with E-state index >= 15 is 0 Å². The van der Waals surface area contributed by atoms with Gasteiger partial charge in [0, 0.05) is 37.9 Å². The van der Waals surface area contributed by atoms with E-state index < -0.39 is 0 Å². The first-order valence-corrected chi connectivity index (χ1v) is 6.35. The van der Waals surface area contributed by atoms with Crippen molar-refractivity contribution in [3.63, 3.8) is 0 Å². The summed E-state index contributed by atoms with van der Waals surface area (Å²) in [6, 6.07) is 5.19. The molecule has 6 nitrogen and oxygen atoms in total. The van der Waals surface area contributed by atoms with E-state index in [-0.39, 0.29) is 5.91 Å². The maximum Gasteiger partial charge on any atom is 0.238 e. The van der Waals surface area contributed by atoms with Crippen LogP contribution in [0.25, 0.3) is 0 Å². The van der Waals surface area contributed by atoms with E-state index in [9.17, 15) is 4.79 Å². The van der Waals surface area contributed by atoms with Crippen molar-refractivity contribution in [2.45, 2.75) is 0 Å². The molecule has 0 saturated carbocycles. The number of carbonyl (C=O) groups excluding carboxylic acids is 1. The van der Waals surface area contributed by atoms with Crippen LogP contribution in [0.3, 0.4) is 0 Å². The van der Waals surface area contributed by atoms with E-state index in [1.54, 1.807) is 25.3 Å². The highest BCUT2D eigenvalue weighted by atomic mass is 16.5. The molecule has 0 bridgehead atoms. The van der Waals surface area contributed by atoms with Crippen molar-refractivity contribution in [2.24, 2.45) is 0 Å². The van der Waals surface area contributed by atoms with Crippen molar-refractivity contribution in [3.8, 4) is 5.75 Å². The number of nitrogens with zero attached hydrogens (tertiary/aromatic N) is 1. The van der Waals surface area contributed by atoms with E-state index in [1.807, 2.05) is 0 Å². The van der Waals surface area contributed by atoms with Crippen molar-refractivity contribution in [2.75, 3.05) is 50.9 Å². The summed E-state index contributed by atoms with van der Waals surface area (Å²) in [6.45, 7) is 4.05. The maximum atomic E-state index is 12.0. The Balaban J connectivity index is 1.94. The number of nitrogens with two attached hydrogens (primary N) is 1. The lowest BCUT2D eigenvalue weighted by molar-refractivity contribution is -0.117. The van der Waals surface area contributed by atoms with Crippen molar-refractivity contribution >= 4 is 17.3 Å². The van der Waals surface area contributed by atoms with Crippen LogP contribution in [0.5, 0.6) is 5.75 Å². The minimum absolute atomic E-state index is 0.0371. The summed E-state index contributed by atoms with van der Waals surface area (Å²) in [5, 5.41) is 6.11. The molecule has 1 aromatic carbocycles. The van der Waals surface area contributed by atoms with Gasteiger partial charge in [0.2, 0.25) is 5.91 Å². The number of methoxy groups -OCH3 is 1. The molecule has 4 N–H and O–H groups in total. The molecule has 104 valence electrons. The molecule has 1 saturated heterocycles. The summed E-state index contributed by atoms with van der Waals surface area (Å²) in [5.74, 6) is 0.540. The molecule has 0 aliphatic carbocycles. The third kappa shape index (κ3) is 3.84. The van der Waals surface area contributed by atoms with Gasteiger partial charge in [0.1, 0.15) is 5.75 Å². The maximum absolute atomic E-state index is 12.0. The predicted molar refractivity (Wildman–Crippen MR) is 75.3 cm³/mol. The number of amides is 1. The van der Waals surface area contributed by atoms with Gasteiger partial charge in [-0.05, 0) is 12.1 Å². The van der Waals surface area contributed by atoms with Crippen LogP contribution in [0.4, 0.5) is 11.4 Å². The molecule has 0 unspecified atom stereocenters. The Morgan fingerprint density at radius 1 is 1.47 bits per heavy atom. The van der Waals surface area contributed by atoms with Gasteiger partial charge in [-0.3, -0.25) is 9.69 Å². The van der Waals surface area contributed by atoms with Gasteiger partial charge in [-0.15, -0.1) is 0 Å². The number of nitrogen functional groups attached to an aromatic ring is 1. The number of hydrogen-bond acceptors (Lipinski definition) is 5. The normalized spacial score (nSPS) is 16.1. The van der Waals surface area contributed by atoms with Gasteiger partial charge in [0.05, 0.1) is 19.3 Å². The van der Waals surface area contributed by atoms with Gasteiger partial charge in [-0.2, -0.15) is 0 Å². The molecule has 1 aromatic rings. The number of carbonyl (C=O) groups is 1. The highest BCUT2D eigenvalue weighted by molar-refractivity contribution is 5.94. The smallest absolute Gasteiger partial charge is 0.238 e. The lowest BCUT2D eigenvalue weighted by atomic mass is 10.2. The van der Waals surface area contributed by atoms with Crippen LogP contribution in [-0.4, -0.2) is 50.6 Å². The Morgan fingerprint density at radius 2 is 2.21 bits per heavy atom. The van der Waals surface area contributed by atoms with Crippen molar-refractivity contribution in [1.29, 1.82) is 0 Å². The second-order valence-corrected chi connectivity index (χ2v) is 4.53. The van der Waals surface area contributed by atoms with Crippen LogP contribution in [0, 0.1) is 0 Å². The molecule has 1 amide bonds. The Morgan fingerprint density at radius 3 is 2.89 bits per heavy atom. The molecule has 1 aliphatic heterocycles. The molecular formula is C13H20N4O2. The lowest BCUT2D eigenvalue weighted by Gasteiger charge is -2.26. The van der Waals surface area contributed by atoms with Crippen LogP contribution in [0.1, 0.15) is 0 Å². The SMILES string of the molecule is COc1cc(N)ccc1NC(=O)CN1CCNCC1. The zero-order chi connectivity index (χ0) is 13.7. The standard InChI is InChI=1S/C13H20N4O2/c1-19-12-8-10(14)2-3-11(12)16-13(18)9-17-6-4-15-5-7-17/h2-3,8,15H,4-7,9,14H2,1H3,(H,16,18). The van der Waals surface area contributed by atoms with Gasteiger partial charge in [0.15, 0.2) is 0 Å². The summed E-state index contributed by atoms with van der Waals surface area (Å²) >= 11 is 0. The Labute approximate surface area is 112 Å². The second kappa shape index (κ2) is 6.40. The molecule has 2 rings (SSSR count). The molecule has 0 spiro atoms. The van der Waals surface area contributed by atoms with Gasteiger partial charge in [0.25, 0.3) is 0 Å². The fourth-order valence-electron chi connectivity index (χ4n) is 2.07. The number of benzene rings is 1. The zero-order valence-corrected chi connectivity index (χ0v) is 11.1. The highest BCUT2D eigenvalue weighted by Crippen LogP contribution is 2.26. The average Bonchev–Trinajstić information content (AvgIpc) is 2.42. The zero-order valence-electron chi connectivity index (χ0n) is 11.1. The van der Waals surface area contributed by atoms with E-state index in [0.717, 1.165) is 26.2 Å². The van der Waals surface area contributed by atoms with Gasteiger partial charge in [-0.25, -0.2) is 0 Å². The van der Waals surface area contributed by atoms with Crippen LogP contribution < -0.4 is 21.1 Å². The van der Waals surface area contributed by atoms with Crippen molar-refractivity contribution in [1.82, 2.24) is 10.2 Å².